The number of ether oxygens (including phenoxy) is 2. The number of aliphatic hydroxyl groups excluding tert-OH is 5. The summed E-state index contributed by atoms with van der Waals surface area (Å²) in [6.45, 7) is 3.17. The van der Waals surface area contributed by atoms with Crippen LogP contribution >= 0.6 is 7.82 Å². The molecule has 1 aliphatic rings. The van der Waals surface area contributed by atoms with Crippen LogP contribution in [-0.2, 0) is 32.7 Å². The molecule has 0 aliphatic heterocycles. The maximum Gasteiger partial charge on any atom is 0.472 e. The van der Waals surface area contributed by atoms with Crippen LogP contribution in [0, 0.1) is 0 Å². The van der Waals surface area contributed by atoms with E-state index in [1.807, 2.05) is 0 Å². The van der Waals surface area contributed by atoms with Crippen molar-refractivity contribution in [1.29, 1.82) is 0 Å². The van der Waals surface area contributed by atoms with Crippen LogP contribution in [0.3, 0.4) is 0 Å². The number of carbonyl (C=O) groups is 2. The molecule has 14 heteroatoms. The summed E-state index contributed by atoms with van der Waals surface area (Å²) in [7, 11) is -5.13. The topological polar surface area (TPSA) is 210 Å². The Morgan fingerprint density at radius 1 is 0.492 bits per heavy atom. The summed E-state index contributed by atoms with van der Waals surface area (Å²) in [5.41, 5.74) is 0. The molecule has 0 spiro atoms. The molecule has 0 heterocycles. The molecule has 13 nitrogen and oxygen atoms in total. The standard InChI is InChI=1S/C51H91O13P/c1-3-5-7-9-11-13-15-17-18-19-20-21-22-23-24-25-26-28-29-31-33-35-37-39-44(52)61-41-43(42-62-65(59,60)64-51-49(57)47(55)46(54)48(56)50(51)58)63-45(53)40-38-36-34-32-30-27-16-14-12-10-8-6-4-2/h6,8,12,14,19-20,27,30,43,46-51,54-58H,3-5,7,9-11,13,15-18,21-26,28-29,31-42H2,1-2H3,(H,59,60)/b8-6-,14-12-,20-19-,30-27-. The van der Waals surface area contributed by atoms with Gasteiger partial charge in [-0.2, -0.15) is 0 Å². The molecule has 0 aromatic carbocycles. The van der Waals surface area contributed by atoms with E-state index in [0.29, 0.717) is 12.8 Å². The smallest absolute Gasteiger partial charge is 0.462 e. The number of allylic oxidation sites excluding steroid dienone is 8. The molecule has 0 bridgehead atoms. The van der Waals surface area contributed by atoms with Crippen LogP contribution in [0.25, 0.3) is 0 Å². The molecule has 6 N–H and O–H groups in total. The van der Waals surface area contributed by atoms with Gasteiger partial charge in [-0.05, 0) is 70.6 Å². The monoisotopic (exact) mass is 943 g/mol. The summed E-state index contributed by atoms with van der Waals surface area (Å²) in [6.07, 6.45) is 36.1. The summed E-state index contributed by atoms with van der Waals surface area (Å²) in [5, 5.41) is 50.2. The van der Waals surface area contributed by atoms with Crippen LogP contribution in [0.1, 0.15) is 206 Å². The average molecular weight is 943 g/mol. The van der Waals surface area contributed by atoms with Crippen LogP contribution < -0.4 is 0 Å². The van der Waals surface area contributed by atoms with Crippen molar-refractivity contribution in [2.45, 2.75) is 249 Å². The number of hydrogen-bond acceptors (Lipinski definition) is 12. The first-order valence-electron chi connectivity index (χ1n) is 25.4. The van der Waals surface area contributed by atoms with Crippen LogP contribution in [-0.4, -0.2) is 98.3 Å². The van der Waals surface area contributed by atoms with Crippen molar-refractivity contribution in [1.82, 2.24) is 0 Å². The third-order valence-electron chi connectivity index (χ3n) is 11.7. The van der Waals surface area contributed by atoms with Gasteiger partial charge in [0.2, 0.25) is 0 Å². The second-order valence-corrected chi connectivity index (χ2v) is 19.0. The Morgan fingerprint density at radius 2 is 0.877 bits per heavy atom. The highest BCUT2D eigenvalue weighted by atomic mass is 31.2. The Balaban J connectivity index is 2.36. The van der Waals surface area contributed by atoms with E-state index in [1.54, 1.807) is 0 Å². The number of carbonyl (C=O) groups excluding carboxylic acids is 2. The highest BCUT2D eigenvalue weighted by Gasteiger charge is 2.51. The summed E-state index contributed by atoms with van der Waals surface area (Å²) >= 11 is 0. The van der Waals surface area contributed by atoms with Gasteiger partial charge in [-0.3, -0.25) is 18.6 Å². The molecule has 65 heavy (non-hydrogen) atoms. The Hall–Kier alpha value is -2.19. The summed E-state index contributed by atoms with van der Waals surface area (Å²) in [5.74, 6) is -1.13. The second kappa shape index (κ2) is 40.8. The molecule has 1 rings (SSSR count). The van der Waals surface area contributed by atoms with Crippen LogP contribution in [0.5, 0.6) is 0 Å². The number of unbranched alkanes of at least 4 members (excludes halogenated alkanes) is 22. The van der Waals surface area contributed by atoms with E-state index in [1.165, 1.54) is 109 Å². The van der Waals surface area contributed by atoms with Gasteiger partial charge in [0.25, 0.3) is 0 Å². The van der Waals surface area contributed by atoms with E-state index in [9.17, 15) is 44.6 Å². The molecule has 1 fully saturated rings. The fourth-order valence-corrected chi connectivity index (χ4v) is 8.56. The molecule has 0 saturated heterocycles. The molecule has 378 valence electrons. The number of hydrogen-bond donors (Lipinski definition) is 6. The first-order valence-corrected chi connectivity index (χ1v) is 26.9. The Bertz CT molecular complexity index is 1320. The lowest BCUT2D eigenvalue weighted by atomic mass is 9.85. The normalized spacial score (nSPS) is 21.8. The van der Waals surface area contributed by atoms with Crippen molar-refractivity contribution in [2.75, 3.05) is 13.2 Å². The first kappa shape index (κ1) is 60.8. The van der Waals surface area contributed by atoms with Gasteiger partial charge >= 0.3 is 19.8 Å². The van der Waals surface area contributed by atoms with Gasteiger partial charge < -0.3 is 39.9 Å². The SMILES string of the molecule is CC/C=C\C/C=C\C/C=C\CCCCCC(=O)OC(COC(=O)CCCCCCCCCCCCC/C=C\CCCCCCCCCC)COP(=O)(O)OC1C(O)C(O)C(O)C(O)C1O. The van der Waals surface area contributed by atoms with Crippen LogP contribution in [0.2, 0.25) is 0 Å². The first-order chi connectivity index (χ1) is 31.4. The van der Waals surface area contributed by atoms with E-state index in [0.717, 1.165) is 57.8 Å². The second-order valence-electron chi connectivity index (χ2n) is 17.6. The van der Waals surface area contributed by atoms with Gasteiger partial charge in [-0.15, -0.1) is 0 Å². The number of esters is 2. The van der Waals surface area contributed by atoms with E-state index < -0.39 is 75.7 Å². The van der Waals surface area contributed by atoms with E-state index in [2.05, 4.69) is 62.5 Å². The number of phosphoric acid groups is 1. The number of aliphatic hydroxyl groups is 5. The largest absolute Gasteiger partial charge is 0.472 e. The van der Waals surface area contributed by atoms with Crippen molar-refractivity contribution >= 4 is 19.8 Å². The molecule has 6 unspecified atom stereocenters. The molecular weight excluding hydrogens is 852 g/mol. The van der Waals surface area contributed by atoms with Gasteiger partial charge in [0, 0.05) is 12.8 Å². The molecule has 6 atom stereocenters. The van der Waals surface area contributed by atoms with Crippen molar-refractivity contribution in [3.8, 4) is 0 Å². The van der Waals surface area contributed by atoms with Gasteiger partial charge in [0.05, 0.1) is 6.61 Å². The highest BCUT2D eigenvalue weighted by Crippen LogP contribution is 2.47. The Kier molecular flexibility index (Phi) is 38.2. The average Bonchev–Trinajstić information content (AvgIpc) is 3.29. The zero-order valence-electron chi connectivity index (χ0n) is 40.3. The lowest BCUT2D eigenvalue weighted by molar-refractivity contribution is -0.220. The van der Waals surface area contributed by atoms with Crippen molar-refractivity contribution in [3.63, 3.8) is 0 Å². The van der Waals surface area contributed by atoms with E-state index in [-0.39, 0.29) is 12.8 Å². The lowest BCUT2D eigenvalue weighted by Crippen LogP contribution is -2.64. The number of phosphoric ester groups is 1. The van der Waals surface area contributed by atoms with Gasteiger partial charge in [0.15, 0.2) is 6.10 Å². The highest BCUT2D eigenvalue weighted by molar-refractivity contribution is 7.47. The molecular formula is C51H91O13P. The third-order valence-corrected chi connectivity index (χ3v) is 12.6. The van der Waals surface area contributed by atoms with Gasteiger partial charge in [0.1, 0.15) is 43.2 Å². The summed E-state index contributed by atoms with van der Waals surface area (Å²) in [6, 6.07) is 0. The van der Waals surface area contributed by atoms with Crippen LogP contribution in [0.4, 0.5) is 0 Å². The fourth-order valence-electron chi connectivity index (χ4n) is 7.59. The van der Waals surface area contributed by atoms with Gasteiger partial charge in [-0.25, -0.2) is 4.57 Å². The molecule has 0 aromatic rings. The van der Waals surface area contributed by atoms with Gasteiger partial charge in [-0.1, -0.05) is 172 Å². The summed E-state index contributed by atoms with van der Waals surface area (Å²) in [4.78, 5) is 35.8. The van der Waals surface area contributed by atoms with Crippen molar-refractivity contribution < 1.29 is 63.1 Å². The minimum absolute atomic E-state index is 0.0609. The molecule has 1 saturated carbocycles. The third kappa shape index (κ3) is 33.0. The van der Waals surface area contributed by atoms with E-state index >= 15 is 0 Å². The maximum absolute atomic E-state index is 12.8. The number of rotatable bonds is 42. The molecule has 0 amide bonds. The minimum atomic E-state index is -5.13. The molecule has 1 aliphatic carbocycles. The zero-order valence-corrected chi connectivity index (χ0v) is 41.2. The molecule has 0 aromatic heterocycles. The van der Waals surface area contributed by atoms with E-state index in [4.69, 9.17) is 18.5 Å². The molecule has 0 radical (unpaired) electrons. The Labute approximate surface area is 392 Å². The van der Waals surface area contributed by atoms with Crippen molar-refractivity contribution in [3.05, 3.63) is 48.6 Å². The zero-order chi connectivity index (χ0) is 47.8. The predicted octanol–water partition coefficient (Wildman–Crippen LogP) is 10.7. The Morgan fingerprint density at radius 3 is 1.37 bits per heavy atom. The fraction of sp³-hybridized carbons (Fsp3) is 0.804. The maximum atomic E-state index is 12.8. The lowest BCUT2D eigenvalue weighted by Gasteiger charge is -2.41. The predicted molar refractivity (Wildman–Crippen MR) is 258 cm³/mol. The summed E-state index contributed by atoms with van der Waals surface area (Å²) < 4.78 is 33.5. The minimum Gasteiger partial charge on any atom is -0.462 e. The van der Waals surface area contributed by atoms with Crippen LogP contribution in [0.15, 0.2) is 48.6 Å². The quantitative estimate of drug-likeness (QED) is 0.0146. The van der Waals surface area contributed by atoms with Crippen molar-refractivity contribution in [2.24, 2.45) is 0 Å².